The number of nitrogens with zero attached hydrogens (tertiary/aromatic N) is 3. The average Bonchev–Trinajstić information content (AvgIpc) is 3.40. The summed E-state index contributed by atoms with van der Waals surface area (Å²) in [5.41, 5.74) is 2.45. The molecule has 0 aliphatic carbocycles. The van der Waals surface area contributed by atoms with Crippen LogP contribution in [0.15, 0.2) is 78.0 Å². The number of aliphatic hydroxyl groups is 1. The maximum absolute atomic E-state index is 13.6. The van der Waals surface area contributed by atoms with Crippen molar-refractivity contribution in [2.24, 2.45) is 5.92 Å². The Balaban J connectivity index is 1.49. The summed E-state index contributed by atoms with van der Waals surface area (Å²) >= 11 is 0. The quantitative estimate of drug-likeness (QED) is 0.363. The molecule has 0 saturated heterocycles. The molecule has 0 fully saturated rings. The lowest BCUT2D eigenvalue weighted by atomic mass is 10.2. The first-order valence-electron chi connectivity index (χ1n) is 13.0. The summed E-state index contributed by atoms with van der Waals surface area (Å²) in [5.74, 6) is 0.723. The predicted molar refractivity (Wildman–Crippen MR) is 147 cm³/mol. The first kappa shape index (κ1) is 28.5. The number of hydrogen-bond acceptors (Lipinski definition) is 7. The predicted octanol–water partition coefficient (Wildman–Crippen LogP) is 3.86. The van der Waals surface area contributed by atoms with Crippen LogP contribution in [0.2, 0.25) is 0 Å². The minimum absolute atomic E-state index is 0.0228. The second-order valence-corrected chi connectivity index (χ2v) is 12.0. The number of sulfonamides is 1. The van der Waals surface area contributed by atoms with Crippen molar-refractivity contribution in [3.05, 3.63) is 89.7 Å². The smallest absolute Gasteiger partial charge is 0.410 e. The van der Waals surface area contributed by atoms with E-state index in [9.17, 15) is 18.3 Å². The van der Waals surface area contributed by atoms with Crippen LogP contribution in [0.1, 0.15) is 30.5 Å². The Morgan fingerprint density at radius 1 is 1.05 bits per heavy atom. The normalized spacial score (nSPS) is 13.7. The standard InChI is InChI=1S/C29H35N3O6S/c1-22(2)17-32(39(35,36)27-10-11-28-25(15-27)12-14-37-28)20-26(33)19-31(18-23-7-4-3-5-8-23)29(34)38-21-24-9-6-13-30-16-24/h3-11,13,15-16,22,26,33H,12,14,17-21H2,1-2H3/t26-/m1/s1. The lowest BCUT2D eigenvalue weighted by molar-refractivity contribution is 0.0591. The van der Waals surface area contributed by atoms with Gasteiger partial charge in [-0.2, -0.15) is 4.31 Å². The maximum Gasteiger partial charge on any atom is 0.410 e. The third-order valence-corrected chi connectivity index (χ3v) is 8.10. The fraction of sp³-hybridized carbons (Fsp3) is 0.379. The Bertz CT molecular complexity index is 1340. The molecule has 0 saturated carbocycles. The van der Waals surface area contributed by atoms with Gasteiger partial charge in [-0.3, -0.25) is 4.98 Å². The zero-order valence-corrected chi connectivity index (χ0v) is 23.1. The van der Waals surface area contributed by atoms with Crippen molar-refractivity contribution in [2.45, 2.75) is 44.4 Å². The summed E-state index contributed by atoms with van der Waals surface area (Å²) in [5, 5.41) is 11.1. The highest BCUT2D eigenvalue weighted by Gasteiger charge is 2.30. The molecule has 0 spiro atoms. The second-order valence-electron chi connectivity index (χ2n) is 10.0. The van der Waals surface area contributed by atoms with Crippen LogP contribution >= 0.6 is 0 Å². The van der Waals surface area contributed by atoms with Gasteiger partial charge in [0.15, 0.2) is 0 Å². The number of rotatable bonds is 12. The first-order valence-corrected chi connectivity index (χ1v) is 14.4. The van der Waals surface area contributed by atoms with Crippen LogP contribution in [0.3, 0.4) is 0 Å². The molecule has 2 aromatic carbocycles. The van der Waals surface area contributed by atoms with Gasteiger partial charge in [-0.1, -0.05) is 50.2 Å². The number of pyridine rings is 1. The van der Waals surface area contributed by atoms with E-state index >= 15 is 0 Å². The Morgan fingerprint density at radius 2 is 1.82 bits per heavy atom. The number of ether oxygens (including phenoxy) is 2. The summed E-state index contributed by atoms with van der Waals surface area (Å²) in [6.45, 7) is 4.54. The fourth-order valence-corrected chi connectivity index (χ4v) is 6.12. The van der Waals surface area contributed by atoms with Gasteiger partial charge in [0.25, 0.3) is 0 Å². The molecular formula is C29H35N3O6S. The number of fused-ring (bicyclic) bond motifs is 1. The van der Waals surface area contributed by atoms with Crippen molar-refractivity contribution in [2.75, 3.05) is 26.2 Å². The van der Waals surface area contributed by atoms with Gasteiger partial charge in [0.1, 0.15) is 12.4 Å². The number of amides is 1. The zero-order valence-electron chi connectivity index (χ0n) is 22.3. The summed E-state index contributed by atoms with van der Waals surface area (Å²) in [6, 6.07) is 17.8. The molecule has 0 unspecified atom stereocenters. The molecule has 1 N–H and O–H groups in total. The highest BCUT2D eigenvalue weighted by Crippen LogP contribution is 2.29. The number of benzene rings is 2. The van der Waals surface area contributed by atoms with E-state index in [1.807, 2.05) is 44.2 Å². The van der Waals surface area contributed by atoms with E-state index in [4.69, 9.17) is 9.47 Å². The first-order chi connectivity index (χ1) is 18.7. The number of aliphatic hydroxyl groups excluding tert-OH is 1. The summed E-state index contributed by atoms with van der Waals surface area (Å²) in [6.07, 6.45) is 2.14. The van der Waals surface area contributed by atoms with E-state index in [1.165, 1.54) is 15.3 Å². The number of hydrogen-bond donors (Lipinski definition) is 1. The molecule has 39 heavy (non-hydrogen) atoms. The van der Waals surface area contributed by atoms with E-state index < -0.39 is 22.2 Å². The molecule has 1 aromatic heterocycles. The summed E-state index contributed by atoms with van der Waals surface area (Å²) < 4.78 is 39.6. The SMILES string of the molecule is CC(C)CN(C[C@H](O)CN(Cc1ccccc1)C(=O)OCc1cccnc1)S(=O)(=O)c1ccc2c(c1)CCO2. The van der Waals surface area contributed by atoms with Gasteiger partial charge in [-0.25, -0.2) is 13.2 Å². The van der Waals surface area contributed by atoms with Crippen molar-refractivity contribution >= 4 is 16.1 Å². The number of carbonyl (C=O) groups is 1. The molecule has 0 bridgehead atoms. The molecule has 10 heteroatoms. The minimum atomic E-state index is -3.90. The molecule has 9 nitrogen and oxygen atoms in total. The van der Waals surface area contributed by atoms with Crippen LogP contribution in [0.5, 0.6) is 5.75 Å². The van der Waals surface area contributed by atoms with Crippen LogP contribution in [-0.2, 0) is 34.3 Å². The lowest BCUT2D eigenvalue weighted by Gasteiger charge is -2.29. The molecular weight excluding hydrogens is 518 g/mol. The largest absolute Gasteiger partial charge is 0.493 e. The van der Waals surface area contributed by atoms with Gasteiger partial charge in [0, 0.05) is 44.0 Å². The second kappa shape index (κ2) is 13.1. The van der Waals surface area contributed by atoms with Crippen LogP contribution in [0, 0.1) is 5.92 Å². The van der Waals surface area contributed by atoms with Gasteiger partial charge >= 0.3 is 6.09 Å². The minimum Gasteiger partial charge on any atom is -0.493 e. The highest BCUT2D eigenvalue weighted by molar-refractivity contribution is 7.89. The third kappa shape index (κ3) is 7.78. The van der Waals surface area contributed by atoms with Crippen molar-refractivity contribution in [1.82, 2.24) is 14.2 Å². The Labute approximate surface area is 230 Å². The van der Waals surface area contributed by atoms with Gasteiger partial charge < -0.3 is 19.5 Å². The monoisotopic (exact) mass is 553 g/mol. The van der Waals surface area contributed by atoms with Crippen molar-refractivity contribution in [1.29, 1.82) is 0 Å². The van der Waals surface area contributed by atoms with Crippen LogP contribution < -0.4 is 4.74 Å². The number of aromatic nitrogens is 1. The molecule has 1 aliphatic heterocycles. The van der Waals surface area contributed by atoms with E-state index in [0.717, 1.165) is 16.7 Å². The van der Waals surface area contributed by atoms with Crippen LogP contribution in [0.4, 0.5) is 4.79 Å². The number of carbonyl (C=O) groups excluding carboxylic acids is 1. The third-order valence-electron chi connectivity index (χ3n) is 6.27. The topological polar surface area (TPSA) is 109 Å². The Morgan fingerprint density at radius 3 is 2.54 bits per heavy atom. The molecule has 3 aromatic rings. The van der Waals surface area contributed by atoms with Gasteiger partial charge in [-0.15, -0.1) is 0 Å². The molecule has 208 valence electrons. The molecule has 1 atom stereocenters. The van der Waals surface area contributed by atoms with E-state index in [2.05, 4.69) is 4.98 Å². The average molecular weight is 554 g/mol. The van der Waals surface area contributed by atoms with Crippen molar-refractivity contribution in [3.8, 4) is 5.75 Å². The Kier molecular flexibility index (Phi) is 9.55. The van der Waals surface area contributed by atoms with E-state index in [-0.39, 0.29) is 43.6 Å². The van der Waals surface area contributed by atoms with Crippen LogP contribution in [0.25, 0.3) is 0 Å². The van der Waals surface area contributed by atoms with Gasteiger partial charge in [0.05, 0.1) is 24.2 Å². The summed E-state index contributed by atoms with van der Waals surface area (Å²) in [4.78, 5) is 18.7. The fourth-order valence-electron chi connectivity index (χ4n) is 4.43. The van der Waals surface area contributed by atoms with Crippen molar-refractivity contribution in [3.63, 3.8) is 0 Å². The van der Waals surface area contributed by atoms with Gasteiger partial charge in [-0.05, 0) is 41.3 Å². The molecule has 1 aliphatic rings. The molecule has 1 amide bonds. The van der Waals surface area contributed by atoms with Crippen LogP contribution in [-0.4, -0.2) is 66.2 Å². The zero-order chi connectivity index (χ0) is 27.8. The van der Waals surface area contributed by atoms with E-state index in [0.29, 0.717) is 18.8 Å². The highest BCUT2D eigenvalue weighted by atomic mass is 32.2. The summed E-state index contributed by atoms with van der Waals surface area (Å²) in [7, 11) is -3.90. The van der Waals surface area contributed by atoms with E-state index in [1.54, 1.807) is 36.7 Å². The molecule has 2 heterocycles. The maximum atomic E-state index is 13.6. The molecule has 4 rings (SSSR count). The van der Waals surface area contributed by atoms with Gasteiger partial charge in [0.2, 0.25) is 10.0 Å². The molecule has 0 radical (unpaired) electrons. The van der Waals surface area contributed by atoms with Crippen molar-refractivity contribution < 1.29 is 27.8 Å². The lowest BCUT2D eigenvalue weighted by Crippen LogP contribution is -2.45. The Hall–Kier alpha value is -3.47.